The molecule has 2 aromatic carbocycles. The fourth-order valence-corrected chi connectivity index (χ4v) is 3.35. The van der Waals surface area contributed by atoms with Crippen molar-refractivity contribution in [3.05, 3.63) is 77.7 Å². The normalized spacial score (nSPS) is 18.3. The number of rotatable bonds is 4. The number of benzene rings is 2. The monoisotopic (exact) mass is 361 g/mol. The second-order valence-electron chi connectivity index (χ2n) is 6.32. The minimum absolute atomic E-state index is 0.106. The van der Waals surface area contributed by atoms with Crippen LogP contribution >= 0.6 is 0 Å². The lowest BCUT2D eigenvalue weighted by Crippen LogP contribution is -2.38. The molecule has 0 aromatic heterocycles. The molecule has 5 heteroatoms. The van der Waals surface area contributed by atoms with E-state index in [1.807, 2.05) is 60.7 Å². The highest BCUT2D eigenvalue weighted by Crippen LogP contribution is 2.44. The first-order valence-electron chi connectivity index (χ1n) is 8.93. The molecule has 0 fully saturated rings. The molecule has 0 radical (unpaired) electrons. The first-order valence-corrected chi connectivity index (χ1v) is 8.93. The number of anilines is 1. The maximum absolute atomic E-state index is 12.8. The summed E-state index contributed by atoms with van der Waals surface area (Å²) >= 11 is 0. The number of carbonyl (C=O) groups excluding carboxylic acids is 2. The van der Waals surface area contributed by atoms with Gasteiger partial charge in [-0.1, -0.05) is 54.6 Å². The highest BCUT2D eigenvalue weighted by atomic mass is 16.5. The second kappa shape index (κ2) is 7.11. The third-order valence-electron chi connectivity index (χ3n) is 4.58. The van der Waals surface area contributed by atoms with Crippen LogP contribution in [0.15, 0.2) is 72.1 Å². The predicted octanol–water partition coefficient (Wildman–Crippen LogP) is 3.92. The molecule has 0 N–H and O–H groups in total. The summed E-state index contributed by atoms with van der Waals surface area (Å²) in [5.74, 6) is -0.146. The lowest BCUT2D eigenvalue weighted by Gasteiger charge is -2.28. The van der Waals surface area contributed by atoms with Crippen LogP contribution in [0, 0.1) is 5.92 Å². The summed E-state index contributed by atoms with van der Waals surface area (Å²) in [7, 11) is 0. The molecular weight excluding hydrogens is 342 g/mol. The Kier molecular flexibility index (Phi) is 4.50. The zero-order valence-electron chi connectivity index (χ0n) is 14.9. The summed E-state index contributed by atoms with van der Waals surface area (Å²) in [4.78, 5) is 27.0. The van der Waals surface area contributed by atoms with Crippen LogP contribution in [0.1, 0.15) is 18.9 Å². The number of fused-ring (bicyclic) bond motifs is 3. The standard InChI is InChI=1S/C22H19NO4/c1-2-26-22(25)20-16(13-12-15-8-4-3-5-9-15)14-19(24)23-17-10-6-7-11-18(17)27-21(20)23/h3-13,16H,2,14H2,1H3/b13-12+/t16-/m0/s1. The van der Waals surface area contributed by atoms with Crippen molar-refractivity contribution >= 4 is 23.6 Å². The smallest absolute Gasteiger partial charge is 0.340 e. The summed E-state index contributed by atoms with van der Waals surface area (Å²) in [6.07, 6.45) is 3.96. The molecule has 0 spiro atoms. The van der Waals surface area contributed by atoms with E-state index in [0.29, 0.717) is 17.0 Å². The van der Waals surface area contributed by atoms with E-state index >= 15 is 0 Å². The van der Waals surface area contributed by atoms with E-state index in [0.717, 1.165) is 5.56 Å². The van der Waals surface area contributed by atoms with Crippen molar-refractivity contribution in [3.63, 3.8) is 0 Å². The van der Waals surface area contributed by atoms with Crippen LogP contribution in [-0.2, 0) is 14.3 Å². The molecule has 1 amide bonds. The Balaban J connectivity index is 1.77. The van der Waals surface area contributed by atoms with E-state index in [2.05, 4.69) is 0 Å². The Morgan fingerprint density at radius 2 is 1.93 bits per heavy atom. The van der Waals surface area contributed by atoms with E-state index in [1.165, 1.54) is 4.90 Å². The Bertz CT molecular complexity index is 946. The highest BCUT2D eigenvalue weighted by Gasteiger charge is 2.43. The van der Waals surface area contributed by atoms with Gasteiger partial charge in [0.1, 0.15) is 5.57 Å². The van der Waals surface area contributed by atoms with Gasteiger partial charge in [-0.15, -0.1) is 0 Å². The van der Waals surface area contributed by atoms with Crippen molar-refractivity contribution in [3.8, 4) is 5.75 Å². The zero-order chi connectivity index (χ0) is 18.8. The Morgan fingerprint density at radius 3 is 2.70 bits per heavy atom. The van der Waals surface area contributed by atoms with Crippen molar-refractivity contribution < 1.29 is 19.1 Å². The molecular formula is C22H19NO4. The molecule has 5 nitrogen and oxygen atoms in total. The number of hydrogen-bond acceptors (Lipinski definition) is 4. The van der Waals surface area contributed by atoms with Crippen LogP contribution in [0.5, 0.6) is 5.75 Å². The number of para-hydroxylation sites is 2. The van der Waals surface area contributed by atoms with Crippen LogP contribution in [0.2, 0.25) is 0 Å². The van der Waals surface area contributed by atoms with Gasteiger partial charge in [-0.2, -0.15) is 0 Å². The Labute approximate surface area is 157 Å². The average Bonchev–Trinajstić information content (AvgIpc) is 3.07. The van der Waals surface area contributed by atoms with Gasteiger partial charge >= 0.3 is 5.97 Å². The van der Waals surface area contributed by atoms with E-state index in [9.17, 15) is 9.59 Å². The Hall–Kier alpha value is -3.34. The molecule has 0 unspecified atom stereocenters. The Morgan fingerprint density at radius 1 is 1.19 bits per heavy atom. The SMILES string of the molecule is CCOC(=O)C1=C2Oc3ccccc3N2C(=O)C[C@@H]1/C=C/c1ccccc1. The number of allylic oxidation sites excluding steroid dienone is 1. The van der Waals surface area contributed by atoms with Gasteiger partial charge in [0.15, 0.2) is 5.75 Å². The first kappa shape index (κ1) is 17.1. The average molecular weight is 361 g/mol. The molecule has 0 saturated heterocycles. The zero-order valence-corrected chi connectivity index (χ0v) is 14.9. The van der Waals surface area contributed by atoms with Crippen molar-refractivity contribution in [1.29, 1.82) is 0 Å². The molecule has 2 aliphatic rings. The van der Waals surface area contributed by atoms with Crippen molar-refractivity contribution in [1.82, 2.24) is 0 Å². The topological polar surface area (TPSA) is 55.8 Å². The number of amides is 1. The lowest BCUT2D eigenvalue weighted by molar-refractivity contribution is -0.139. The maximum Gasteiger partial charge on any atom is 0.340 e. The molecule has 2 heterocycles. The van der Waals surface area contributed by atoms with E-state index in [-0.39, 0.29) is 24.8 Å². The lowest BCUT2D eigenvalue weighted by atomic mass is 9.90. The van der Waals surface area contributed by atoms with Crippen LogP contribution in [-0.4, -0.2) is 18.5 Å². The molecule has 27 heavy (non-hydrogen) atoms. The van der Waals surface area contributed by atoms with Gasteiger partial charge < -0.3 is 9.47 Å². The number of carbonyl (C=O) groups is 2. The molecule has 0 aliphatic carbocycles. The third-order valence-corrected chi connectivity index (χ3v) is 4.58. The number of nitrogens with zero attached hydrogens (tertiary/aromatic N) is 1. The van der Waals surface area contributed by atoms with Gasteiger partial charge in [-0.25, -0.2) is 9.69 Å². The predicted molar refractivity (Wildman–Crippen MR) is 102 cm³/mol. The van der Waals surface area contributed by atoms with Crippen LogP contribution in [0.25, 0.3) is 6.08 Å². The third kappa shape index (κ3) is 3.12. The molecule has 1 atom stereocenters. The summed E-state index contributed by atoms with van der Waals surface area (Å²) in [6, 6.07) is 17.0. The van der Waals surface area contributed by atoms with E-state index < -0.39 is 11.9 Å². The van der Waals surface area contributed by atoms with Gasteiger partial charge in [-0.05, 0) is 24.6 Å². The highest BCUT2D eigenvalue weighted by molar-refractivity contribution is 6.05. The number of hydrogen-bond donors (Lipinski definition) is 0. The summed E-state index contributed by atoms with van der Waals surface area (Å²) in [5, 5.41) is 0. The summed E-state index contributed by atoms with van der Waals surface area (Å²) in [5.41, 5.74) is 2.03. The van der Waals surface area contributed by atoms with Gasteiger partial charge in [0, 0.05) is 12.3 Å². The fraction of sp³-hybridized carbons (Fsp3) is 0.182. The molecule has 0 bridgehead atoms. The molecule has 0 saturated carbocycles. The van der Waals surface area contributed by atoms with E-state index in [1.54, 1.807) is 13.0 Å². The van der Waals surface area contributed by atoms with Crippen molar-refractivity contribution in [2.75, 3.05) is 11.5 Å². The van der Waals surface area contributed by atoms with Crippen molar-refractivity contribution in [2.24, 2.45) is 5.92 Å². The summed E-state index contributed by atoms with van der Waals surface area (Å²) in [6.45, 7) is 2.01. The fourth-order valence-electron chi connectivity index (χ4n) is 3.35. The van der Waals surface area contributed by atoms with E-state index in [4.69, 9.17) is 9.47 Å². The molecule has 136 valence electrons. The summed E-state index contributed by atoms with van der Waals surface area (Å²) < 4.78 is 11.2. The van der Waals surface area contributed by atoms with Gasteiger partial charge in [0.05, 0.1) is 12.3 Å². The first-order chi connectivity index (χ1) is 13.2. The largest absolute Gasteiger partial charge is 0.462 e. The quantitative estimate of drug-likeness (QED) is 0.775. The minimum atomic E-state index is -0.458. The molecule has 2 aromatic rings. The van der Waals surface area contributed by atoms with Crippen LogP contribution in [0.4, 0.5) is 5.69 Å². The minimum Gasteiger partial charge on any atom is -0.462 e. The van der Waals surface area contributed by atoms with Gasteiger partial charge in [-0.3, -0.25) is 4.79 Å². The number of ether oxygens (including phenoxy) is 2. The maximum atomic E-state index is 12.8. The number of esters is 1. The van der Waals surface area contributed by atoms with Crippen LogP contribution < -0.4 is 9.64 Å². The molecule has 4 rings (SSSR count). The molecule has 2 aliphatic heterocycles. The van der Waals surface area contributed by atoms with Crippen LogP contribution in [0.3, 0.4) is 0 Å². The van der Waals surface area contributed by atoms with Gasteiger partial charge in [0.2, 0.25) is 11.8 Å². The van der Waals surface area contributed by atoms with Gasteiger partial charge in [0.25, 0.3) is 0 Å². The second-order valence-corrected chi connectivity index (χ2v) is 6.32. The van der Waals surface area contributed by atoms with Crippen molar-refractivity contribution in [2.45, 2.75) is 13.3 Å².